The van der Waals surface area contributed by atoms with E-state index in [-0.39, 0.29) is 30.0 Å². The van der Waals surface area contributed by atoms with E-state index in [9.17, 15) is 19.2 Å². The summed E-state index contributed by atoms with van der Waals surface area (Å²) in [7, 11) is 0. The first-order valence-corrected chi connectivity index (χ1v) is 16.2. The first-order chi connectivity index (χ1) is 21.4. The van der Waals surface area contributed by atoms with E-state index in [0.717, 1.165) is 33.1 Å². The minimum absolute atomic E-state index is 0.0724. The fourth-order valence-corrected chi connectivity index (χ4v) is 7.02. The number of nitrogens with zero attached hydrogens (tertiary/aromatic N) is 3. The molecule has 1 saturated heterocycles. The van der Waals surface area contributed by atoms with Gasteiger partial charge in [0.1, 0.15) is 17.1 Å². The molecule has 44 heavy (non-hydrogen) atoms. The normalized spacial score (nSPS) is 17.6. The predicted molar refractivity (Wildman–Crippen MR) is 173 cm³/mol. The molecule has 2 unspecified atom stereocenters. The van der Waals surface area contributed by atoms with Gasteiger partial charge in [-0.2, -0.15) is 0 Å². The number of likely N-dealkylation sites (tertiary alicyclic amines) is 1. The molecule has 2 aromatic heterocycles. The molecule has 4 aromatic rings. The van der Waals surface area contributed by atoms with Crippen molar-refractivity contribution < 1.29 is 19.2 Å². The molecule has 0 aliphatic carbocycles. The zero-order chi connectivity index (χ0) is 30.6. The van der Waals surface area contributed by atoms with Crippen LogP contribution in [0.4, 0.5) is 11.4 Å². The van der Waals surface area contributed by atoms with Gasteiger partial charge in [-0.3, -0.25) is 19.2 Å². The van der Waals surface area contributed by atoms with Crippen LogP contribution in [0.3, 0.4) is 0 Å². The van der Waals surface area contributed by atoms with Gasteiger partial charge in [-0.15, -0.1) is 22.7 Å². The van der Waals surface area contributed by atoms with Crippen LogP contribution in [0.15, 0.2) is 83.6 Å². The van der Waals surface area contributed by atoms with Crippen molar-refractivity contribution in [2.24, 2.45) is 0 Å². The number of rotatable bonds is 8. The smallest absolute Gasteiger partial charge is 0.251 e. The topological polar surface area (TPSA) is 112 Å². The molecular formula is C33H31N5O4S2. The standard InChI is InChI=1S/C33H31N5O4S2/c1-21(39)37-16-2-6-28(37)31(41)34-25-14-10-23(11-15-25)33-36-27(20-44-33)22-8-12-24(13-9-22)35-32(42)29-7-3-17-38(29)30(40)19-26-5-4-18-43-26/h3-5,7-15,18,20,28-29H,2,6,16-17,19H2,1H3,(H,34,41)(H,35,42). The van der Waals surface area contributed by atoms with Crippen molar-refractivity contribution in [3.8, 4) is 21.8 Å². The second-order valence-corrected chi connectivity index (χ2v) is 12.6. The molecule has 2 aliphatic heterocycles. The second-order valence-electron chi connectivity index (χ2n) is 10.7. The molecule has 2 aromatic carbocycles. The molecule has 11 heteroatoms. The van der Waals surface area contributed by atoms with Gasteiger partial charge in [0.05, 0.1) is 12.1 Å². The number of carbonyl (C=O) groups is 4. The third-order valence-corrected chi connectivity index (χ3v) is 9.53. The van der Waals surface area contributed by atoms with Crippen LogP contribution < -0.4 is 10.6 Å². The highest BCUT2D eigenvalue weighted by Gasteiger charge is 2.32. The highest BCUT2D eigenvalue weighted by molar-refractivity contribution is 7.13. The molecule has 6 rings (SSSR count). The summed E-state index contributed by atoms with van der Waals surface area (Å²) in [5.74, 6) is -0.567. The fraction of sp³-hybridized carbons (Fsp3) is 0.242. The van der Waals surface area contributed by atoms with Crippen molar-refractivity contribution in [2.75, 3.05) is 23.7 Å². The van der Waals surface area contributed by atoms with Crippen LogP contribution in [0.1, 0.15) is 24.6 Å². The van der Waals surface area contributed by atoms with Crippen LogP contribution in [0.5, 0.6) is 0 Å². The molecule has 0 bridgehead atoms. The predicted octanol–water partition coefficient (Wildman–Crippen LogP) is 5.44. The van der Waals surface area contributed by atoms with Crippen LogP contribution in [-0.4, -0.2) is 63.6 Å². The highest BCUT2D eigenvalue weighted by Crippen LogP contribution is 2.31. The van der Waals surface area contributed by atoms with Gasteiger partial charge < -0.3 is 20.4 Å². The SMILES string of the molecule is CC(=O)N1CCCC1C(=O)Nc1ccc(-c2nc(-c3ccc(NC(=O)C4C=CCN4C(=O)Cc4cccs4)cc3)cs2)cc1. The van der Waals surface area contributed by atoms with Crippen molar-refractivity contribution in [1.82, 2.24) is 14.8 Å². The fourth-order valence-electron chi connectivity index (χ4n) is 5.49. The third kappa shape index (κ3) is 6.48. The van der Waals surface area contributed by atoms with Gasteiger partial charge in [0.2, 0.25) is 17.7 Å². The average Bonchev–Trinajstić information content (AvgIpc) is 3.85. The number of thiophene rings is 1. The third-order valence-electron chi connectivity index (χ3n) is 7.76. The second kappa shape index (κ2) is 12.9. The largest absolute Gasteiger partial charge is 0.331 e. The van der Waals surface area contributed by atoms with Crippen LogP contribution in [0.2, 0.25) is 0 Å². The van der Waals surface area contributed by atoms with Crippen molar-refractivity contribution >= 4 is 57.7 Å². The van der Waals surface area contributed by atoms with Gasteiger partial charge in [0, 0.05) is 52.8 Å². The lowest BCUT2D eigenvalue weighted by atomic mass is 10.1. The number of anilines is 2. The Labute approximate surface area is 263 Å². The maximum Gasteiger partial charge on any atom is 0.251 e. The molecule has 0 saturated carbocycles. The highest BCUT2D eigenvalue weighted by atomic mass is 32.1. The van der Waals surface area contributed by atoms with Crippen molar-refractivity contribution in [3.05, 3.63) is 88.5 Å². The number of aromatic nitrogens is 1. The van der Waals surface area contributed by atoms with Gasteiger partial charge in [0.25, 0.3) is 5.91 Å². The van der Waals surface area contributed by atoms with Crippen molar-refractivity contribution in [1.29, 1.82) is 0 Å². The summed E-state index contributed by atoms with van der Waals surface area (Å²) in [6, 6.07) is 17.8. The Morgan fingerprint density at radius 2 is 1.59 bits per heavy atom. The van der Waals surface area contributed by atoms with Crippen molar-refractivity contribution in [3.63, 3.8) is 0 Å². The minimum atomic E-state index is -0.638. The molecule has 2 aliphatic rings. The number of nitrogens with one attached hydrogen (secondary N) is 2. The molecule has 4 heterocycles. The molecule has 1 fully saturated rings. The lowest BCUT2D eigenvalue weighted by molar-refractivity contribution is -0.135. The van der Waals surface area contributed by atoms with Crippen molar-refractivity contribution in [2.45, 2.75) is 38.3 Å². The van der Waals surface area contributed by atoms with Crippen LogP contribution >= 0.6 is 22.7 Å². The molecular weight excluding hydrogens is 595 g/mol. The number of carbonyl (C=O) groups excluding carboxylic acids is 4. The molecule has 4 amide bonds. The van der Waals surface area contributed by atoms with E-state index in [2.05, 4.69) is 10.6 Å². The molecule has 0 spiro atoms. The van der Waals surface area contributed by atoms with Crippen LogP contribution in [-0.2, 0) is 25.6 Å². The van der Waals surface area contributed by atoms with E-state index in [0.29, 0.717) is 30.9 Å². The van der Waals surface area contributed by atoms with Gasteiger partial charge in [-0.1, -0.05) is 30.4 Å². The molecule has 2 N–H and O–H groups in total. The molecule has 2 atom stereocenters. The number of amides is 4. The van der Waals surface area contributed by atoms with E-state index < -0.39 is 12.1 Å². The summed E-state index contributed by atoms with van der Waals surface area (Å²) in [6.45, 7) is 2.53. The Kier molecular flexibility index (Phi) is 8.67. The number of thiazole rings is 1. The maximum atomic E-state index is 13.0. The minimum Gasteiger partial charge on any atom is -0.331 e. The molecule has 0 radical (unpaired) electrons. The lowest BCUT2D eigenvalue weighted by Crippen LogP contribution is -2.44. The van der Waals surface area contributed by atoms with Crippen LogP contribution in [0.25, 0.3) is 21.8 Å². The van der Waals surface area contributed by atoms with E-state index in [1.165, 1.54) is 29.6 Å². The summed E-state index contributed by atoms with van der Waals surface area (Å²) in [5.41, 5.74) is 3.97. The zero-order valence-corrected chi connectivity index (χ0v) is 25.7. The first kappa shape index (κ1) is 29.5. The number of hydrogen-bond acceptors (Lipinski definition) is 7. The van der Waals surface area contributed by atoms with Gasteiger partial charge in [0.15, 0.2) is 0 Å². The number of benzene rings is 2. The van der Waals surface area contributed by atoms with Gasteiger partial charge in [-0.25, -0.2) is 4.98 Å². The molecule has 9 nitrogen and oxygen atoms in total. The van der Waals surface area contributed by atoms with E-state index in [1.807, 2.05) is 77.5 Å². The maximum absolute atomic E-state index is 13.0. The van der Waals surface area contributed by atoms with Gasteiger partial charge in [-0.05, 0) is 60.7 Å². The zero-order valence-electron chi connectivity index (χ0n) is 24.1. The summed E-state index contributed by atoms with van der Waals surface area (Å²) < 4.78 is 0. The first-order valence-electron chi connectivity index (χ1n) is 14.4. The van der Waals surface area contributed by atoms with Crippen LogP contribution in [0, 0.1) is 0 Å². The Balaban J connectivity index is 1.05. The summed E-state index contributed by atoms with van der Waals surface area (Å²) >= 11 is 3.05. The average molecular weight is 626 g/mol. The summed E-state index contributed by atoms with van der Waals surface area (Å²) in [5, 5.41) is 10.6. The lowest BCUT2D eigenvalue weighted by Gasteiger charge is -2.23. The Morgan fingerprint density at radius 3 is 2.27 bits per heavy atom. The van der Waals surface area contributed by atoms with E-state index in [4.69, 9.17) is 4.98 Å². The monoisotopic (exact) mass is 625 g/mol. The number of hydrogen-bond donors (Lipinski definition) is 2. The molecule has 224 valence electrons. The van der Waals surface area contributed by atoms with Gasteiger partial charge >= 0.3 is 0 Å². The summed E-state index contributed by atoms with van der Waals surface area (Å²) in [4.78, 5) is 59.4. The van der Waals surface area contributed by atoms with E-state index in [1.54, 1.807) is 15.9 Å². The Morgan fingerprint density at radius 1 is 0.886 bits per heavy atom. The Bertz CT molecular complexity index is 1700. The van der Waals surface area contributed by atoms with E-state index >= 15 is 0 Å². The summed E-state index contributed by atoms with van der Waals surface area (Å²) in [6.07, 6.45) is 5.41. The quantitative estimate of drug-likeness (QED) is 0.254. The Hall–Kier alpha value is -4.61.